The molecule has 0 saturated carbocycles. The van der Waals surface area contributed by atoms with E-state index in [9.17, 15) is 9.59 Å². The lowest BCUT2D eigenvalue weighted by Gasteiger charge is -2.16. The minimum Gasteiger partial charge on any atom is -0.460 e. The average Bonchev–Trinajstić information content (AvgIpc) is 2.00. The smallest absolute Gasteiger partial charge is 0.333 e. The lowest BCUT2D eigenvalue weighted by Crippen LogP contribution is -2.26. The van der Waals surface area contributed by atoms with Gasteiger partial charge in [-0.3, -0.25) is 0 Å². The Morgan fingerprint density at radius 3 is 2.54 bits per heavy atom. The van der Waals surface area contributed by atoms with Gasteiger partial charge in [0.05, 0.1) is 0 Å². The van der Waals surface area contributed by atoms with Gasteiger partial charge in [0.15, 0.2) is 0 Å². The first-order valence-electron chi connectivity index (χ1n) is 3.81. The minimum absolute atomic E-state index is 0.0495. The summed E-state index contributed by atoms with van der Waals surface area (Å²) in [5.74, 6) is -0.478. The Morgan fingerprint density at radius 1 is 1.62 bits per heavy atom. The molecular formula is C9H13NO3. The van der Waals surface area contributed by atoms with Crippen LogP contribution in [0.3, 0.4) is 0 Å². The SMILES string of the molecule is C=C(C)C(=O)OCC(C)(C)N=C=O. The molecule has 0 atom stereocenters. The van der Waals surface area contributed by atoms with Crippen molar-refractivity contribution in [3.8, 4) is 0 Å². The van der Waals surface area contributed by atoms with Gasteiger partial charge in [-0.1, -0.05) is 6.58 Å². The first kappa shape index (κ1) is 11.6. The van der Waals surface area contributed by atoms with E-state index in [-0.39, 0.29) is 6.61 Å². The molecule has 4 heteroatoms. The summed E-state index contributed by atoms with van der Waals surface area (Å²) in [6, 6.07) is 0. The second-order valence-corrected chi connectivity index (χ2v) is 3.37. The lowest BCUT2D eigenvalue weighted by atomic mass is 10.1. The van der Waals surface area contributed by atoms with Crippen molar-refractivity contribution in [1.29, 1.82) is 0 Å². The van der Waals surface area contributed by atoms with Crippen molar-refractivity contribution in [2.75, 3.05) is 6.61 Å². The van der Waals surface area contributed by atoms with Gasteiger partial charge in [0.1, 0.15) is 12.1 Å². The molecule has 0 aliphatic rings. The van der Waals surface area contributed by atoms with Crippen LogP contribution in [0.1, 0.15) is 20.8 Å². The molecule has 4 nitrogen and oxygen atoms in total. The Morgan fingerprint density at radius 2 is 2.15 bits per heavy atom. The third kappa shape index (κ3) is 4.93. The molecule has 0 aromatic heterocycles. The van der Waals surface area contributed by atoms with E-state index >= 15 is 0 Å². The number of hydrogen-bond donors (Lipinski definition) is 0. The van der Waals surface area contributed by atoms with E-state index in [1.54, 1.807) is 20.8 Å². The maximum absolute atomic E-state index is 10.9. The summed E-state index contributed by atoms with van der Waals surface area (Å²) in [5.41, 5.74) is -0.391. The molecule has 13 heavy (non-hydrogen) atoms. The van der Waals surface area contributed by atoms with Gasteiger partial charge in [0, 0.05) is 5.57 Å². The number of carbonyl (C=O) groups excluding carboxylic acids is 2. The van der Waals surface area contributed by atoms with E-state index in [2.05, 4.69) is 11.6 Å². The summed E-state index contributed by atoms with van der Waals surface area (Å²) < 4.78 is 4.81. The number of nitrogens with zero attached hydrogens (tertiary/aromatic N) is 1. The molecule has 0 saturated heterocycles. The monoisotopic (exact) mass is 183 g/mol. The predicted molar refractivity (Wildman–Crippen MR) is 48.0 cm³/mol. The fourth-order valence-electron chi connectivity index (χ4n) is 0.521. The zero-order valence-electron chi connectivity index (χ0n) is 8.09. The topological polar surface area (TPSA) is 55.7 Å². The first-order chi connectivity index (χ1) is 5.89. The quantitative estimate of drug-likeness (QED) is 0.285. The number of carbonyl (C=O) groups is 1. The van der Waals surface area contributed by atoms with Crippen LogP contribution in [-0.2, 0) is 14.3 Å². The number of ether oxygens (including phenoxy) is 1. The van der Waals surface area contributed by atoms with Crippen molar-refractivity contribution in [1.82, 2.24) is 0 Å². The molecule has 0 unspecified atom stereocenters. The summed E-state index contributed by atoms with van der Waals surface area (Å²) in [5, 5.41) is 0. The van der Waals surface area contributed by atoms with Crippen molar-refractivity contribution >= 4 is 12.0 Å². The van der Waals surface area contributed by atoms with Crippen molar-refractivity contribution < 1.29 is 14.3 Å². The largest absolute Gasteiger partial charge is 0.460 e. The van der Waals surface area contributed by atoms with E-state index < -0.39 is 11.5 Å². The van der Waals surface area contributed by atoms with Crippen molar-refractivity contribution in [3.63, 3.8) is 0 Å². The second kappa shape index (κ2) is 4.58. The maximum atomic E-state index is 10.9. The molecule has 0 amide bonds. The highest BCUT2D eigenvalue weighted by molar-refractivity contribution is 5.86. The number of hydrogen-bond acceptors (Lipinski definition) is 4. The number of rotatable bonds is 4. The fourth-order valence-corrected chi connectivity index (χ4v) is 0.521. The Balaban J connectivity index is 4.09. The maximum Gasteiger partial charge on any atom is 0.333 e. The summed E-state index contributed by atoms with van der Waals surface area (Å²) >= 11 is 0. The molecule has 0 aliphatic heterocycles. The first-order valence-corrected chi connectivity index (χ1v) is 3.81. The summed E-state index contributed by atoms with van der Waals surface area (Å²) in [7, 11) is 0. The standard InChI is InChI=1S/C9H13NO3/c1-7(2)8(12)13-5-9(3,4)10-6-11/h1,5H2,2-4H3. The normalized spacial score (nSPS) is 10.1. The Bertz CT molecular complexity index is 262. The van der Waals surface area contributed by atoms with Crippen molar-refractivity contribution in [3.05, 3.63) is 12.2 Å². The van der Waals surface area contributed by atoms with E-state index in [1.165, 1.54) is 6.08 Å². The third-order valence-corrected chi connectivity index (χ3v) is 1.25. The van der Waals surface area contributed by atoms with E-state index in [1.807, 2.05) is 0 Å². The van der Waals surface area contributed by atoms with Crippen LogP contribution in [0.15, 0.2) is 17.1 Å². The molecule has 0 N–H and O–H groups in total. The number of esters is 1. The van der Waals surface area contributed by atoms with Gasteiger partial charge in [0.2, 0.25) is 6.08 Å². The van der Waals surface area contributed by atoms with Crippen LogP contribution in [0.4, 0.5) is 0 Å². The van der Waals surface area contributed by atoms with Crippen LogP contribution in [0, 0.1) is 0 Å². The molecule has 0 rings (SSSR count). The predicted octanol–water partition coefficient (Wildman–Crippen LogP) is 1.22. The number of aliphatic imine (C=N–C) groups is 1. The molecule has 0 radical (unpaired) electrons. The van der Waals surface area contributed by atoms with Crippen LogP contribution < -0.4 is 0 Å². The molecule has 0 aromatic carbocycles. The fraction of sp³-hybridized carbons (Fsp3) is 0.556. The minimum atomic E-state index is -0.715. The van der Waals surface area contributed by atoms with Crippen LogP contribution in [-0.4, -0.2) is 24.2 Å². The molecular weight excluding hydrogens is 170 g/mol. The van der Waals surface area contributed by atoms with Crippen molar-refractivity contribution in [2.45, 2.75) is 26.3 Å². The third-order valence-electron chi connectivity index (χ3n) is 1.25. The number of isocyanates is 1. The Kier molecular flexibility index (Phi) is 4.08. The summed E-state index contributed by atoms with van der Waals surface area (Å²) in [6.45, 7) is 8.36. The van der Waals surface area contributed by atoms with Crippen LogP contribution in [0.25, 0.3) is 0 Å². The van der Waals surface area contributed by atoms with Crippen molar-refractivity contribution in [2.24, 2.45) is 4.99 Å². The van der Waals surface area contributed by atoms with Crippen LogP contribution in [0.5, 0.6) is 0 Å². The summed E-state index contributed by atoms with van der Waals surface area (Å²) in [4.78, 5) is 24.4. The molecule has 0 spiro atoms. The highest BCUT2D eigenvalue weighted by Gasteiger charge is 2.18. The Labute approximate surface area is 77.3 Å². The zero-order chi connectivity index (χ0) is 10.5. The highest BCUT2D eigenvalue weighted by Crippen LogP contribution is 2.08. The van der Waals surface area contributed by atoms with Crippen LogP contribution >= 0.6 is 0 Å². The highest BCUT2D eigenvalue weighted by atomic mass is 16.5. The van der Waals surface area contributed by atoms with Gasteiger partial charge in [-0.25, -0.2) is 9.59 Å². The van der Waals surface area contributed by atoms with Gasteiger partial charge < -0.3 is 4.74 Å². The molecule has 0 fully saturated rings. The lowest BCUT2D eigenvalue weighted by molar-refractivity contribution is -0.140. The molecule has 0 bridgehead atoms. The van der Waals surface area contributed by atoms with Crippen LogP contribution in [0.2, 0.25) is 0 Å². The molecule has 72 valence electrons. The molecule has 0 heterocycles. The Hall–Kier alpha value is -1.41. The molecule has 0 aliphatic carbocycles. The van der Waals surface area contributed by atoms with Gasteiger partial charge >= 0.3 is 5.97 Å². The molecule has 0 aromatic rings. The van der Waals surface area contributed by atoms with Gasteiger partial charge in [-0.05, 0) is 20.8 Å². The summed E-state index contributed by atoms with van der Waals surface area (Å²) in [6.07, 6.45) is 1.42. The zero-order valence-corrected chi connectivity index (χ0v) is 8.09. The second-order valence-electron chi connectivity index (χ2n) is 3.37. The van der Waals surface area contributed by atoms with Gasteiger partial charge in [-0.15, -0.1) is 0 Å². The van der Waals surface area contributed by atoms with Gasteiger partial charge in [-0.2, -0.15) is 4.99 Å². The van der Waals surface area contributed by atoms with Gasteiger partial charge in [0.25, 0.3) is 0 Å². The van der Waals surface area contributed by atoms with E-state index in [4.69, 9.17) is 4.74 Å². The van der Waals surface area contributed by atoms with E-state index in [0.717, 1.165) is 0 Å². The average molecular weight is 183 g/mol. The van der Waals surface area contributed by atoms with E-state index in [0.29, 0.717) is 5.57 Å².